The van der Waals surface area contributed by atoms with Gasteiger partial charge in [0.05, 0.1) is 24.6 Å². The molecule has 8 nitrogen and oxygen atoms in total. The summed E-state index contributed by atoms with van der Waals surface area (Å²) >= 11 is 0. The van der Waals surface area contributed by atoms with Crippen LogP contribution in [-0.4, -0.2) is 56.5 Å². The van der Waals surface area contributed by atoms with Crippen molar-refractivity contribution in [2.45, 2.75) is 37.7 Å². The number of ether oxygens (including phenoxy) is 1. The molecule has 0 radical (unpaired) electrons. The molecule has 2 fully saturated rings. The molecule has 1 amide bonds. The van der Waals surface area contributed by atoms with E-state index in [0.717, 1.165) is 24.4 Å². The zero-order valence-corrected chi connectivity index (χ0v) is 14.4. The van der Waals surface area contributed by atoms with Gasteiger partial charge in [-0.2, -0.15) is 0 Å². The van der Waals surface area contributed by atoms with Crippen LogP contribution in [-0.2, 0) is 11.2 Å². The van der Waals surface area contributed by atoms with Gasteiger partial charge in [0.1, 0.15) is 5.82 Å². The van der Waals surface area contributed by atoms with Gasteiger partial charge < -0.3 is 14.6 Å². The first-order valence-electron chi connectivity index (χ1n) is 8.95. The minimum atomic E-state index is -0.161. The standard InChI is InChI=1S/C18H21N5O3/c24-16-7-14(21-11-22-16)3-4-15-10-23(5-6-26-15)18(25)13-8-19-17(20-9-13)12-1-2-12/h7-9,11-12,15H,1-6,10H2,(H,21,22,24)/t15-/m1/s1. The summed E-state index contributed by atoms with van der Waals surface area (Å²) in [6.45, 7) is 1.58. The highest BCUT2D eigenvalue weighted by atomic mass is 16.5. The lowest BCUT2D eigenvalue weighted by Crippen LogP contribution is -2.45. The lowest BCUT2D eigenvalue weighted by Gasteiger charge is -2.33. The number of hydrogen-bond acceptors (Lipinski definition) is 6. The highest BCUT2D eigenvalue weighted by Gasteiger charge is 2.28. The fourth-order valence-electron chi connectivity index (χ4n) is 3.12. The molecular formula is C18H21N5O3. The van der Waals surface area contributed by atoms with Crippen LogP contribution in [0.2, 0.25) is 0 Å². The first kappa shape index (κ1) is 16.8. The Labute approximate surface area is 150 Å². The SMILES string of the molecule is O=C(c1cnc(C2CC2)nc1)N1CCO[C@H](CCc2cc(=O)[nH]cn2)C1. The van der Waals surface area contributed by atoms with Crippen molar-refractivity contribution in [2.24, 2.45) is 0 Å². The number of aryl methyl sites for hydroxylation is 1. The molecule has 26 heavy (non-hydrogen) atoms. The second-order valence-corrected chi connectivity index (χ2v) is 6.79. The number of carbonyl (C=O) groups excluding carboxylic acids is 1. The van der Waals surface area contributed by atoms with Crippen molar-refractivity contribution in [3.05, 3.63) is 52.2 Å². The van der Waals surface area contributed by atoms with Gasteiger partial charge in [0.25, 0.3) is 11.5 Å². The molecule has 1 saturated heterocycles. The van der Waals surface area contributed by atoms with Crippen LogP contribution in [0.25, 0.3) is 0 Å². The van der Waals surface area contributed by atoms with Crippen molar-refractivity contribution in [3.63, 3.8) is 0 Å². The quantitative estimate of drug-likeness (QED) is 0.855. The van der Waals surface area contributed by atoms with Crippen molar-refractivity contribution in [3.8, 4) is 0 Å². The Kier molecular flexibility index (Phi) is 4.75. The maximum atomic E-state index is 12.7. The first-order valence-corrected chi connectivity index (χ1v) is 8.95. The predicted octanol–water partition coefficient (Wildman–Crippen LogP) is 0.911. The first-order chi connectivity index (χ1) is 12.7. The van der Waals surface area contributed by atoms with E-state index in [0.29, 0.717) is 44.0 Å². The number of amides is 1. The van der Waals surface area contributed by atoms with Crippen LogP contribution in [0.15, 0.2) is 29.6 Å². The summed E-state index contributed by atoms with van der Waals surface area (Å²) in [6, 6.07) is 1.49. The largest absolute Gasteiger partial charge is 0.375 e. The molecule has 1 aliphatic heterocycles. The van der Waals surface area contributed by atoms with Gasteiger partial charge in [0, 0.05) is 43.2 Å². The fraction of sp³-hybridized carbons (Fsp3) is 0.500. The molecule has 136 valence electrons. The Morgan fingerprint density at radius 2 is 2.08 bits per heavy atom. The molecule has 3 heterocycles. The number of aromatic nitrogens is 4. The van der Waals surface area contributed by atoms with E-state index in [1.807, 2.05) is 0 Å². The summed E-state index contributed by atoms with van der Waals surface area (Å²) in [7, 11) is 0. The molecule has 0 spiro atoms. The maximum Gasteiger partial charge on any atom is 0.257 e. The van der Waals surface area contributed by atoms with Crippen LogP contribution in [0.4, 0.5) is 0 Å². The van der Waals surface area contributed by atoms with E-state index in [1.54, 1.807) is 17.3 Å². The third kappa shape index (κ3) is 3.96. The van der Waals surface area contributed by atoms with Gasteiger partial charge in [-0.1, -0.05) is 0 Å². The monoisotopic (exact) mass is 355 g/mol. The van der Waals surface area contributed by atoms with Gasteiger partial charge in [-0.25, -0.2) is 15.0 Å². The topological polar surface area (TPSA) is 101 Å². The Balaban J connectivity index is 1.34. The molecule has 0 aromatic carbocycles. The van der Waals surface area contributed by atoms with Crippen LogP contribution in [0, 0.1) is 0 Å². The van der Waals surface area contributed by atoms with Crippen molar-refractivity contribution in [1.82, 2.24) is 24.8 Å². The van der Waals surface area contributed by atoms with Gasteiger partial charge in [-0.3, -0.25) is 9.59 Å². The summed E-state index contributed by atoms with van der Waals surface area (Å²) in [4.78, 5) is 41.1. The molecule has 1 aliphatic carbocycles. The summed E-state index contributed by atoms with van der Waals surface area (Å²) in [6.07, 6.45) is 8.22. The van der Waals surface area contributed by atoms with E-state index in [-0.39, 0.29) is 17.6 Å². The number of nitrogens with one attached hydrogen (secondary N) is 1. The zero-order valence-electron chi connectivity index (χ0n) is 14.4. The van der Waals surface area contributed by atoms with E-state index in [1.165, 1.54) is 12.4 Å². The zero-order chi connectivity index (χ0) is 17.9. The third-order valence-corrected chi connectivity index (χ3v) is 4.74. The number of hydrogen-bond donors (Lipinski definition) is 1. The van der Waals surface area contributed by atoms with E-state index in [2.05, 4.69) is 19.9 Å². The van der Waals surface area contributed by atoms with Gasteiger partial charge in [-0.05, 0) is 25.7 Å². The summed E-state index contributed by atoms with van der Waals surface area (Å²) in [5, 5.41) is 0. The number of aromatic amines is 1. The maximum absolute atomic E-state index is 12.7. The number of H-pyrrole nitrogens is 1. The van der Waals surface area contributed by atoms with Gasteiger partial charge in [-0.15, -0.1) is 0 Å². The highest BCUT2D eigenvalue weighted by molar-refractivity contribution is 5.93. The number of carbonyl (C=O) groups is 1. The van der Waals surface area contributed by atoms with Crippen LogP contribution in [0.5, 0.6) is 0 Å². The van der Waals surface area contributed by atoms with Crippen LogP contribution in [0.1, 0.15) is 47.1 Å². The molecule has 0 unspecified atom stereocenters. The van der Waals surface area contributed by atoms with Crippen molar-refractivity contribution < 1.29 is 9.53 Å². The summed E-state index contributed by atoms with van der Waals surface area (Å²) < 4.78 is 5.77. The van der Waals surface area contributed by atoms with E-state index in [9.17, 15) is 9.59 Å². The second-order valence-electron chi connectivity index (χ2n) is 6.79. The van der Waals surface area contributed by atoms with Crippen molar-refractivity contribution in [2.75, 3.05) is 19.7 Å². The second kappa shape index (κ2) is 7.33. The average Bonchev–Trinajstić information content (AvgIpc) is 3.52. The molecule has 2 aromatic heterocycles. The van der Waals surface area contributed by atoms with E-state index in [4.69, 9.17) is 4.74 Å². The lowest BCUT2D eigenvalue weighted by molar-refractivity contribution is -0.0247. The summed E-state index contributed by atoms with van der Waals surface area (Å²) in [5.74, 6) is 1.26. The molecule has 8 heteroatoms. The minimum Gasteiger partial charge on any atom is -0.375 e. The number of morpholine rings is 1. The molecule has 4 rings (SSSR count). The Morgan fingerprint density at radius 3 is 2.81 bits per heavy atom. The lowest BCUT2D eigenvalue weighted by atomic mass is 10.1. The Morgan fingerprint density at radius 1 is 1.27 bits per heavy atom. The van der Waals surface area contributed by atoms with Crippen molar-refractivity contribution in [1.29, 1.82) is 0 Å². The molecular weight excluding hydrogens is 334 g/mol. The molecule has 2 aromatic rings. The predicted molar refractivity (Wildman–Crippen MR) is 92.8 cm³/mol. The van der Waals surface area contributed by atoms with Crippen molar-refractivity contribution >= 4 is 5.91 Å². The number of nitrogens with zero attached hydrogens (tertiary/aromatic N) is 4. The third-order valence-electron chi connectivity index (χ3n) is 4.74. The van der Waals surface area contributed by atoms with Gasteiger partial charge in [0.15, 0.2) is 0 Å². The average molecular weight is 355 g/mol. The van der Waals surface area contributed by atoms with E-state index >= 15 is 0 Å². The van der Waals surface area contributed by atoms with Gasteiger partial charge in [0.2, 0.25) is 0 Å². The van der Waals surface area contributed by atoms with Crippen LogP contribution in [0.3, 0.4) is 0 Å². The molecule has 1 saturated carbocycles. The normalized spacial score (nSPS) is 20.2. The summed E-state index contributed by atoms with van der Waals surface area (Å²) in [5.41, 5.74) is 1.09. The fourth-order valence-corrected chi connectivity index (χ4v) is 3.12. The van der Waals surface area contributed by atoms with Gasteiger partial charge >= 0.3 is 0 Å². The minimum absolute atomic E-state index is 0.0603. The Bertz CT molecular complexity index is 831. The molecule has 0 bridgehead atoms. The Hall–Kier alpha value is -2.61. The van der Waals surface area contributed by atoms with Crippen LogP contribution < -0.4 is 5.56 Å². The molecule has 1 atom stereocenters. The smallest absolute Gasteiger partial charge is 0.257 e. The van der Waals surface area contributed by atoms with Crippen LogP contribution >= 0.6 is 0 Å². The highest BCUT2D eigenvalue weighted by Crippen LogP contribution is 2.37. The van der Waals surface area contributed by atoms with E-state index < -0.39 is 0 Å². The molecule has 1 N–H and O–H groups in total. The number of rotatable bonds is 5. The molecule has 2 aliphatic rings.